The zero-order valence-corrected chi connectivity index (χ0v) is 16.2. The summed E-state index contributed by atoms with van der Waals surface area (Å²) < 4.78 is 0. The van der Waals surface area contributed by atoms with Gasteiger partial charge in [-0.15, -0.1) is 0 Å². The maximum atomic E-state index is 12.6. The zero-order valence-electron chi connectivity index (χ0n) is 16.2. The third-order valence-electron chi connectivity index (χ3n) is 4.80. The normalized spacial score (nSPS) is 17.8. The van der Waals surface area contributed by atoms with E-state index in [2.05, 4.69) is 41.3 Å². The van der Waals surface area contributed by atoms with Crippen molar-refractivity contribution >= 4 is 11.8 Å². The van der Waals surface area contributed by atoms with Gasteiger partial charge in [-0.1, -0.05) is 26.8 Å². The summed E-state index contributed by atoms with van der Waals surface area (Å²) in [5, 5.41) is 10.3. The van der Waals surface area contributed by atoms with Gasteiger partial charge in [0.25, 0.3) is 0 Å². The Morgan fingerprint density at radius 2 is 2.19 bits per heavy atom. The Labute approximate surface area is 159 Å². The first-order valence-electron chi connectivity index (χ1n) is 9.33. The number of pyridine rings is 1. The number of piperidine rings is 1. The van der Waals surface area contributed by atoms with Gasteiger partial charge in [0, 0.05) is 24.6 Å². The summed E-state index contributed by atoms with van der Waals surface area (Å²) in [6, 6.07) is 7.62. The van der Waals surface area contributed by atoms with Gasteiger partial charge in [-0.25, -0.2) is 0 Å². The highest BCUT2D eigenvalue weighted by Gasteiger charge is 2.30. The Morgan fingerprint density at radius 3 is 2.85 bits per heavy atom. The van der Waals surface area contributed by atoms with E-state index in [1.807, 2.05) is 24.3 Å². The van der Waals surface area contributed by atoms with Crippen molar-refractivity contribution in [2.75, 3.05) is 6.54 Å². The minimum atomic E-state index is -0.198. The fourth-order valence-electron chi connectivity index (χ4n) is 3.13. The van der Waals surface area contributed by atoms with Gasteiger partial charge in [-0.3, -0.25) is 19.7 Å². The van der Waals surface area contributed by atoms with Crippen molar-refractivity contribution in [2.45, 2.75) is 52.1 Å². The number of aromatic nitrogens is 3. The van der Waals surface area contributed by atoms with Crippen LogP contribution in [0, 0.1) is 5.92 Å². The standard InChI is InChI=1S/C20H27N5O2/c1-20(2,3)17-10-16(23-24-17)11-22-19(27)14-7-8-18(26)25(12-14)13-15-6-4-5-9-21-15/h4-6,9-10,14H,7-8,11-13H2,1-3H3,(H,22,27)(H,23,24). The molecule has 0 aromatic carbocycles. The molecule has 0 radical (unpaired) electrons. The maximum absolute atomic E-state index is 12.6. The van der Waals surface area contributed by atoms with Crippen molar-refractivity contribution in [3.63, 3.8) is 0 Å². The number of amides is 2. The van der Waals surface area contributed by atoms with Crippen LogP contribution >= 0.6 is 0 Å². The third-order valence-corrected chi connectivity index (χ3v) is 4.80. The lowest BCUT2D eigenvalue weighted by Gasteiger charge is -2.31. The van der Waals surface area contributed by atoms with Crippen LogP contribution in [0.4, 0.5) is 0 Å². The summed E-state index contributed by atoms with van der Waals surface area (Å²) >= 11 is 0. The van der Waals surface area contributed by atoms with E-state index in [1.54, 1.807) is 11.1 Å². The van der Waals surface area contributed by atoms with E-state index in [-0.39, 0.29) is 23.1 Å². The molecule has 1 atom stereocenters. The second-order valence-corrected chi connectivity index (χ2v) is 8.08. The topological polar surface area (TPSA) is 91.0 Å². The lowest BCUT2D eigenvalue weighted by molar-refractivity contribution is -0.139. The summed E-state index contributed by atoms with van der Waals surface area (Å²) in [7, 11) is 0. The molecule has 27 heavy (non-hydrogen) atoms. The van der Waals surface area contributed by atoms with Gasteiger partial charge in [0.15, 0.2) is 0 Å². The van der Waals surface area contributed by atoms with E-state index in [0.717, 1.165) is 17.1 Å². The average Bonchev–Trinajstić information content (AvgIpc) is 3.12. The summed E-state index contributed by atoms with van der Waals surface area (Å²) in [5.74, 6) is -0.148. The molecule has 2 aromatic heterocycles. The van der Waals surface area contributed by atoms with Gasteiger partial charge in [0.05, 0.1) is 36.1 Å². The fourth-order valence-corrected chi connectivity index (χ4v) is 3.13. The Kier molecular flexibility index (Phi) is 5.58. The number of carbonyl (C=O) groups excluding carboxylic acids is 2. The SMILES string of the molecule is CC(C)(C)c1cc(CNC(=O)C2CCC(=O)N(Cc3ccccn3)C2)[nH]n1. The first-order chi connectivity index (χ1) is 12.8. The molecular formula is C20H27N5O2. The summed E-state index contributed by atoms with van der Waals surface area (Å²) in [4.78, 5) is 30.8. The van der Waals surface area contributed by atoms with Crippen LogP contribution in [-0.2, 0) is 28.1 Å². The fraction of sp³-hybridized carbons (Fsp3) is 0.500. The van der Waals surface area contributed by atoms with Gasteiger partial charge in [-0.2, -0.15) is 5.10 Å². The number of hydrogen-bond donors (Lipinski definition) is 2. The van der Waals surface area contributed by atoms with Crippen molar-refractivity contribution in [3.05, 3.63) is 47.5 Å². The first kappa shape index (κ1) is 19.1. The predicted octanol–water partition coefficient (Wildman–Crippen LogP) is 2.16. The molecule has 1 aliphatic heterocycles. The highest BCUT2D eigenvalue weighted by molar-refractivity contribution is 5.83. The van der Waals surface area contributed by atoms with Crippen molar-refractivity contribution in [3.8, 4) is 0 Å². The molecule has 144 valence electrons. The molecule has 7 nitrogen and oxygen atoms in total. The Bertz CT molecular complexity index is 794. The monoisotopic (exact) mass is 369 g/mol. The van der Waals surface area contributed by atoms with Crippen LogP contribution in [0.2, 0.25) is 0 Å². The van der Waals surface area contributed by atoms with Gasteiger partial charge < -0.3 is 10.2 Å². The Morgan fingerprint density at radius 1 is 1.37 bits per heavy atom. The summed E-state index contributed by atoms with van der Waals surface area (Å²) in [6.07, 6.45) is 2.69. The molecule has 7 heteroatoms. The highest BCUT2D eigenvalue weighted by atomic mass is 16.2. The molecule has 3 rings (SSSR count). The van der Waals surface area contributed by atoms with Gasteiger partial charge in [0.1, 0.15) is 0 Å². The third kappa shape index (κ3) is 4.93. The van der Waals surface area contributed by atoms with E-state index >= 15 is 0 Å². The van der Waals surface area contributed by atoms with Crippen molar-refractivity contribution < 1.29 is 9.59 Å². The lowest BCUT2D eigenvalue weighted by Crippen LogP contribution is -2.45. The molecule has 1 saturated heterocycles. The smallest absolute Gasteiger partial charge is 0.225 e. The number of aromatic amines is 1. The van der Waals surface area contributed by atoms with Crippen molar-refractivity contribution in [1.29, 1.82) is 0 Å². The van der Waals surface area contributed by atoms with E-state index in [9.17, 15) is 9.59 Å². The van der Waals surface area contributed by atoms with E-state index in [1.165, 1.54) is 0 Å². The van der Waals surface area contributed by atoms with Gasteiger partial charge in [0.2, 0.25) is 11.8 Å². The molecular weight excluding hydrogens is 342 g/mol. The molecule has 1 fully saturated rings. The first-order valence-corrected chi connectivity index (χ1v) is 9.33. The maximum Gasteiger partial charge on any atom is 0.225 e. The Hall–Kier alpha value is -2.70. The number of likely N-dealkylation sites (tertiary alicyclic amines) is 1. The van der Waals surface area contributed by atoms with Crippen LogP contribution < -0.4 is 5.32 Å². The number of rotatable bonds is 5. The summed E-state index contributed by atoms with van der Waals surface area (Å²) in [6.45, 7) is 7.57. The van der Waals surface area contributed by atoms with E-state index in [0.29, 0.717) is 32.5 Å². The molecule has 0 spiro atoms. The second kappa shape index (κ2) is 7.90. The molecule has 1 unspecified atom stereocenters. The van der Waals surface area contributed by atoms with Crippen LogP contribution in [0.3, 0.4) is 0 Å². The molecule has 1 aliphatic rings. The zero-order chi connectivity index (χ0) is 19.4. The van der Waals surface area contributed by atoms with Crippen LogP contribution in [-0.4, -0.2) is 38.4 Å². The number of nitrogens with zero attached hydrogens (tertiary/aromatic N) is 3. The highest BCUT2D eigenvalue weighted by Crippen LogP contribution is 2.21. The molecule has 3 heterocycles. The van der Waals surface area contributed by atoms with Crippen LogP contribution in [0.5, 0.6) is 0 Å². The molecule has 0 bridgehead atoms. The largest absolute Gasteiger partial charge is 0.350 e. The predicted molar refractivity (Wildman–Crippen MR) is 102 cm³/mol. The molecule has 2 aromatic rings. The van der Waals surface area contributed by atoms with Gasteiger partial charge in [-0.05, 0) is 24.6 Å². The molecule has 0 aliphatic carbocycles. The van der Waals surface area contributed by atoms with E-state index in [4.69, 9.17) is 0 Å². The van der Waals surface area contributed by atoms with Gasteiger partial charge >= 0.3 is 0 Å². The Balaban J connectivity index is 1.55. The van der Waals surface area contributed by atoms with Crippen LogP contribution in [0.1, 0.15) is 50.7 Å². The minimum Gasteiger partial charge on any atom is -0.350 e. The van der Waals surface area contributed by atoms with Crippen molar-refractivity contribution in [2.24, 2.45) is 5.92 Å². The molecule has 2 N–H and O–H groups in total. The van der Waals surface area contributed by atoms with Crippen molar-refractivity contribution in [1.82, 2.24) is 25.4 Å². The van der Waals surface area contributed by atoms with E-state index < -0.39 is 0 Å². The molecule has 0 saturated carbocycles. The number of H-pyrrole nitrogens is 1. The average molecular weight is 369 g/mol. The minimum absolute atomic E-state index is 0.0274. The lowest BCUT2D eigenvalue weighted by atomic mass is 9.92. The molecule has 2 amide bonds. The number of carbonyl (C=O) groups is 2. The quantitative estimate of drug-likeness (QED) is 0.845. The number of nitrogens with one attached hydrogen (secondary N) is 2. The number of hydrogen-bond acceptors (Lipinski definition) is 4. The summed E-state index contributed by atoms with van der Waals surface area (Å²) in [5.41, 5.74) is 2.65. The second-order valence-electron chi connectivity index (χ2n) is 8.08. The van der Waals surface area contributed by atoms with Crippen LogP contribution in [0.25, 0.3) is 0 Å². The van der Waals surface area contributed by atoms with Crippen LogP contribution in [0.15, 0.2) is 30.5 Å².